The van der Waals surface area contributed by atoms with E-state index in [9.17, 15) is 14.4 Å². The van der Waals surface area contributed by atoms with Gasteiger partial charge in [0.25, 0.3) is 0 Å². The summed E-state index contributed by atoms with van der Waals surface area (Å²) in [6.45, 7) is 6.53. The summed E-state index contributed by atoms with van der Waals surface area (Å²) in [6, 6.07) is 0. The van der Waals surface area contributed by atoms with Gasteiger partial charge in [0, 0.05) is 19.3 Å². The van der Waals surface area contributed by atoms with E-state index in [1.54, 1.807) is 0 Å². The van der Waals surface area contributed by atoms with Gasteiger partial charge in [-0.3, -0.25) is 14.4 Å². The molecule has 0 aliphatic heterocycles. The fourth-order valence-corrected chi connectivity index (χ4v) is 10.1. The Labute approximate surface area is 508 Å². The SMILES string of the molecule is CC/C=C\C/C=C\C/C=C\C/C=C\C/C=C\CCCCCC(=O)OC(COC(=O)CCCCCCCCCCCCCCCC)COC(=O)CCCCCCCCCCCCCCCCCC/C=C\C/C=C\C/C=C\CCCCCCC. The van der Waals surface area contributed by atoms with Gasteiger partial charge in [0.05, 0.1) is 0 Å². The van der Waals surface area contributed by atoms with Gasteiger partial charge < -0.3 is 14.2 Å². The molecular formula is C76H132O6. The summed E-state index contributed by atoms with van der Waals surface area (Å²) in [4.78, 5) is 38.4. The fourth-order valence-electron chi connectivity index (χ4n) is 10.1. The third kappa shape index (κ3) is 67.1. The van der Waals surface area contributed by atoms with E-state index in [0.717, 1.165) is 109 Å². The standard InChI is InChI=1S/C76H132O6/c1-4-7-10-13-16-19-22-25-28-30-32-33-34-35-36-37-38-39-40-41-42-43-45-46-48-51-54-57-60-63-66-69-75(78)81-72-73(71-80-74(77)68-65-62-59-56-53-50-27-24-21-18-15-12-9-6-3)82-76(79)70-67-64-61-58-55-52-49-47-44-31-29-26-23-20-17-14-11-8-5-2/h8,11,17,20,22,25-26,29-30,32,34-35,44,47,52,55,73H,4-7,9-10,12-16,18-19,21,23-24,27-28,31,33,36-43,45-46,48-51,53-54,56-72H2,1-3H3/b11-8-,20-17-,25-22-,29-26-,32-30-,35-34-,47-44-,55-52-. The average Bonchev–Trinajstić information content (AvgIpc) is 3.47. The molecule has 0 heterocycles. The van der Waals surface area contributed by atoms with E-state index in [2.05, 4.69) is 118 Å². The topological polar surface area (TPSA) is 78.9 Å². The highest BCUT2D eigenvalue weighted by Gasteiger charge is 2.19. The van der Waals surface area contributed by atoms with Crippen LogP contribution in [-0.2, 0) is 28.6 Å². The molecule has 1 atom stereocenters. The van der Waals surface area contributed by atoms with Gasteiger partial charge in [0.15, 0.2) is 6.10 Å². The lowest BCUT2D eigenvalue weighted by Crippen LogP contribution is -2.30. The van der Waals surface area contributed by atoms with Gasteiger partial charge in [-0.15, -0.1) is 0 Å². The number of rotatable bonds is 64. The van der Waals surface area contributed by atoms with Crippen LogP contribution in [0.4, 0.5) is 0 Å². The van der Waals surface area contributed by atoms with Crippen LogP contribution in [0.3, 0.4) is 0 Å². The molecule has 0 aromatic carbocycles. The van der Waals surface area contributed by atoms with Crippen LogP contribution in [0.1, 0.15) is 348 Å². The third-order valence-corrected chi connectivity index (χ3v) is 15.3. The van der Waals surface area contributed by atoms with E-state index in [0.29, 0.717) is 19.3 Å². The van der Waals surface area contributed by atoms with Crippen molar-refractivity contribution in [3.63, 3.8) is 0 Å². The molecule has 0 radical (unpaired) electrons. The Bertz CT molecular complexity index is 1590. The first kappa shape index (κ1) is 78.3. The van der Waals surface area contributed by atoms with Crippen molar-refractivity contribution in [2.24, 2.45) is 0 Å². The lowest BCUT2D eigenvalue weighted by atomic mass is 10.0. The molecule has 0 aromatic heterocycles. The quantitative estimate of drug-likeness (QED) is 0.0261. The van der Waals surface area contributed by atoms with Crippen molar-refractivity contribution in [1.29, 1.82) is 0 Å². The van der Waals surface area contributed by atoms with Gasteiger partial charge in [0.2, 0.25) is 0 Å². The highest BCUT2D eigenvalue weighted by molar-refractivity contribution is 5.71. The van der Waals surface area contributed by atoms with Gasteiger partial charge in [-0.05, 0) is 103 Å². The van der Waals surface area contributed by atoms with Crippen LogP contribution in [0.5, 0.6) is 0 Å². The summed E-state index contributed by atoms with van der Waals surface area (Å²) in [5.41, 5.74) is 0. The second kappa shape index (κ2) is 69.8. The maximum atomic E-state index is 12.9. The van der Waals surface area contributed by atoms with Gasteiger partial charge in [0.1, 0.15) is 13.2 Å². The van der Waals surface area contributed by atoms with Crippen LogP contribution >= 0.6 is 0 Å². The molecule has 0 aromatic rings. The zero-order valence-corrected chi connectivity index (χ0v) is 54.2. The average molecular weight is 1140 g/mol. The molecule has 82 heavy (non-hydrogen) atoms. The summed E-state index contributed by atoms with van der Waals surface area (Å²) in [6.07, 6.45) is 94.4. The smallest absolute Gasteiger partial charge is 0.306 e. The Morgan fingerprint density at radius 3 is 0.756 bits per heavy atom. The summed E-state index contributed by atoms with van der Waals surface area (Å²) < 4.78 is 16.9. The van der Waals surface area contributed by atoms with E-state index in [1.165, 1.54) is 199 Å². The van der Waals surface area contributed by atoms with E-state index in [-0.39, 0.29) is 31.1 Å². The first-order valence-corrected chi connectivity index (χ1v) is 35.2. The number of carbonyl (C=O) groups excluding carboxylic acids is 3. The molecule has 0 amide bonds. The second-order valence-corrected chi connectivity index (χ2v) is 23.4. The van der Waals surface area contributed by atoms with Crippen molar-refractivity contribution in [2.45, 2.75) is 354 Å². The van der Waals surface area contributed by atoms with Crippen molar-refractivity contribution >= 4 is 17.9 Å². The Balaban J connectivity index is 4.27. The molecule has 0 aliphatic rings. The number of allylic oxidation sites excluding steroid dienone is 16. The van der Waals surface area contributed by atoms with Crippen LogP contribution in [0.15, 0.2) is 97.2 Å². The normalized spacial score (nSPS) is 12.7. The zero-order valence-electron chi connectivity index (χ0n) is 54.2. The van der Waals surface area contributed by atoms with E-state index in [4.69, 9.17) is 14.2 Å². The molecule has 0 bridgehead atoms. The Morgan fingerprint density at radius 1 is 0.256 bits per heavy atom. The predicted molar refractivity (Wildman–Crippen MR) is 357 cm³/mol. The van der Waals surface area contributed by atoms with Crippen LogP contribution in [0.25, 0.3) is 0 Å². The number of carbonyl (C=O) groups is 3. The number of hydrogen-bond acceptors (Lipinski definition) is 6. The minimum absolute atomic E-state index is 0.0872. The monoisotopic (exact) mass is 1140 g/mol. The number of ether oxygens (including phenoxy) is 3. The molecule has 0 spiro atoms. The number of unbranched alkanes of at least 4 members (excludes halogenated alkanes) is 37. The van der Waals surface area contributed by atoms with Gasteiger partial charge in [-0.2, -0.15) is 0 Å². The van der Waals surface area contributed by atoms with Crippen LogP contribution in [-0.4, -0.2) is 37.2 Å². The van der Waals surface area contributed by atoms with Crippen molar-refractivity contribution < 1.29 is 28.6 Å². The number of esters is 3. The molecule has 472 valence electrons. The van der Waals surface area contributed by atoms with Crippen molar-refractivity contribution in [2.75, 3.05) is 13.2 Å². The van der Waals surface area contributed by atoms with Gasteiger partial charge in [-0.25, -0.2) is 0 Å². The molecular weight excluding hydrogens is 1010 g/mol. The minimum atomic E-state index is -0.795. The Morgan fingerprint density at radius 2 is 0.476 bits per heavy atom. The van der Waals surface area contributed by atoms with Crippen LogP contribution < -0.4 is 0 Å². The lowest BCUT2D eigenvalue weighted by Gasteiger charge is -2.18. The predicted octanol–water partition coefficient (Wildman–Crippen LogP) is 24.4. The van der Waals surface area contributed by atoms with E-state index >= 15 is 0 Å². The Kier molecular flexibility index (Phi) is 66.7. The second-order valence-electron chi connectivity index (χ2n) is 23.4. The maximum Gasteiger partial charge on any atom is 0.306 e. The van der Waals surface area contributed by atoms with Crippen LogP contribution in [0.2, 0.25) is 0 Å². The molecule has 0 rings (SSSR count). The Hall–Kier alpha value is -3.67. The third-order valence-electron chi connectivity index (χ3n) is 15.3. The molecule has 0 fully saturated rings. The molecule has 1 unspecified atom stereocenters. The first-order chi connectivity index (χ1) is 40.5. The lowest BCUT2D eigenvalue weighted by molar-refractivity contribution is -0.167. The van der Waals surface area contributed by atoms with Gasteiger partial charge >= 0.3 is 17.9 Å². The summed E-state index contributed by atoms with van der Waals surface area (Å²) >= 11 is 0. The van der Waals surface area contributed by atoms with Gasteiger partial charge in [-0.1, -0.05) is 323 Å². The molecule has 0 N–H and O–H groups in total. The molecule has 0 saturated carbocycles. The number of hydrogen-bond donors (Lipinski definition) is 0. The molecule has 6 nitrogen and oxygen atoms in total. The maximum absolute atomic E-state index is 12.9. The van der Waals surface area contributed by atoms with Crippen molar-refractivity contribution in [3.05, 3.63) is 97.2 Å². The van der Waals surface area contributed by atoms with Crippen molar-refractivity contribution in [1.82, 2.24) is 0 Å². The molecule has 0 saturated heterocycles. The minimum Gasteiger partial charge on any atom is -0.462 e. The fraction of sp³-hybridized carbons (Fsp3) is 0.750. The molecule has 6 heteroatoms. The summed E-state index contributed by atoms with van der Waals surface area (Å²) in [5.74, 6) is -0.904. The molecule has 0 aliphatic carbocycles. The summed E-state index contributed by atoms with van der Waals surface area (Å²) in [5, 5.41) is 0. The van der Waals surface area contributed by atoms with Crippen molar-refractivity contribution in [3.8, 4) is 0 Å². The highest BCUT2D eigenvalue weighted by atomic mass is 16.6. The van der Waals surface area contributed by atoms with E-state index in [1.807, 2.05) is 0 Å². The largest absolute Gasteiger partial charge is 0.462 e. The van der Waals surface area contributed by atoms with Crippen LogP contribution in [0, 0.1) is 0 Å². The first-order valence-electron chi connectivity index (χ1n) is 35.2. The van der Waals surface area contributed by atoms with E-state index < -0.39 is 6.10 Å². The zero-order chi connectivity index (χ0) is 59.2. The highest BCUT2D eigenvalue weighted by Crippen LogP contribution is 2.17. The summed E-state index contributed by atoms with van der Waals surface area (Å²) in [7, 11) is 0.